The van der Waals surface area contributed by atoms with Gasteiger partial charge in [0.05, 0.1) is 44.5 Å². The number of hydrogen-bond donors (Lipinski definition) is 6. The number of rotatable bonds is 22. The fraction of sp³-hybridized carbons (Fsp3) is 0.549. The van der Waals surface area contributed by atoms with Gasteiger partial charge in [-0.3, -0.25) is 19.2 Å². The number of thiazole rings is 1. The van der Waals surface area contributed by atoms with Gasteiger partial charge in [0.15, 0.2) is 5.82 Å². The molecule has 2 aromatic heterocycles. The van der Waals surface area contributed by atoms with Crippen molar-refractivity contribution < 1.29 is 24.3 Å². The van der Waals surface area contributed by atoms with Crippen LogP contribution in [0.15, 0.2) is 64.1 Å². The van der Waals surface area contributed by atoms with E-state index >= 15 is 0 Å². The number of carbonyl (C=O) groups is 4. The molecule has 0 saturated carbocycles. The van der Waals surface area contributed by atoms with Crippen LogP contribution in [0.4, 0.5) is 11.6 Å². The van der Waals surface area contributed by atoms with Gasteiger partial charge in [0.25, 0.3) is 0 Å². The molecule has 4 atom stereocenters. The third-order valence-electron chi connectivity index (χ3n) is 13.5. The number of nitrogens with zero attached hydrogens (tertiary/aromatic N) is 5. The van der Waals surface area contributed by atoms with Gasteiger partial charge in [0.2, 0.25) is 23.6 Å². The van der Waals surface area contributed by atoms with Crippen molar-refractivity contribution in [1.29, 1.82) is 0 Å². The molecule has 4 amide bonds. The second kappa shape index (κ2) is 25.2. The Bertz CT molecular complexity index is 2410. The summed E-state index contributed by atoms with van der Waals surface area (Å²) in [6.45, 7) is 12.2. The second-order valence-corrected chi connectivity index (χ2v) is 22.5. The minimum atomic E-state index is -0.897. The number of aliphatic hydroxyl groups is 1. The molecule has 70 heavy (non-hydrogen) atoms. The van der Waals surface area contributed by atoms with Crippen LogP contribution in [0, 0.1) is 17.8 Å². The molecule has 6 rings (SSSR count). The van der Waals surface area contributed by atoms with Crippen LogP contribution >= 0.6 is 46.3 Å². The number of halogens is 2. The first-order valence-corrected chi connectivity index (χ1v) is 26.9. The number of anilines is 2. The van der Waals surface area contributed by atoms with Crippen LogP contribution in [-0.2, 0) is 19.2 Å². The first-order chi connectivity index (χ1) is 33.4. The van der Waals surface area contributed by atoms with Crippen molar-refractivity contribution in [3.63, 3.8) is 0 Å². The quantitative estimate of drug-likeness (QED) is 0.0408. The maximum atomic E-state index is 14.1. The SMILES string of the molecule is Cc1ncsc1-c1ccc([C@H](C)NC(=O)[C@@H]2C[C@@H](O)CN2C(=O)[C@@H](NC(=O)CCCCCNC(=O)CCCCCC2(CN)CCN(c3cnc(Sc4cccc(Cl)c4Cl)c(N)n3)CC2)C(C)(C)C)cc1. The zero-order valence-electron chi connectivity index (χ0n) is 41.1. The zero-order valence-corrected chi connectivity index (χ0v) is 44.2. The van der Waals surface area contributed by atoms with Crippen molar-refractivity contribution in [2.45, 2.75) is 146 Å². The Morgan fingerprint density at radius 1 is 0.957 bits per heavy atom. The lowest BCUT2D eigenvalue weighted by Gasteiger charge is -2.42. The van der Waals surface area contributed by atoms with E-state index in [1.807, 2.05) is 76.5 Å². The average molecular weight is 1040 g/mol. The lowest BCUT2D eigenvalue weighted by Crippen LogP contribution is -2.57. The lowest BCUT2D eigenvalue weighted by atomic mass is 9.74. The predicted molar refractivity (Wildman–Crippen MR) is 281 cm³/mol. The first-order valence-electron chi connectivity index (χ1n) is 24.4. The van der Waals surface area contributed by atoms with Crippen molar-refractivity contribution in [1.82, 2.24) is 35.8 Å². The number of nitrogens with two attached hydrogens (primary N) is 2. The van der Waals surface area contributed by atoms with Crippen LogP contribution in [0.5, 0.6) is 0 Å². The lowest BCUT2D eigenvalue weighted by molar-refractivity contribution is -0.144. The topological polar surface area (TPSA) is 222 Å². The van der Waals surface area contributed by atoms with E-state index < -0.39 is 29.5 Å². The van der Waals surface area contributed by atoms with E-state index in [1.165, 1.54) is 16.7 Å². The summed E-state index contributed by atoms with van der Waals surface area (Å²) in [5, 5.41) is 21.1. The van der Waals surface area contributed by atoms with Crippen LogP contribution in [0.1, 0.15) is 122 Å². The van der Waals surface area contributed by atoms with Gasteiger partial charge in [0, 0.05) is 50.3 Å². The van der Waals surface area contributed by atoms with Gasteiger partial charge in [-0.25, -0.2) is 15.0 Å². The number of carbonyl (C=O) groups excluding carboxylic acids is 4. The van der Waals surface area contributed by atoms with E-state index in [4.69, 9.17) is 34.7 Å². The van der Waals surface area contributed by atoms with E-state index in [2.05, 4.69) is 35.8 Å². The van der Waals surface area contributed by atoms with E-state index in [1.54, 1.807) is 23.6 Å². The highest BCUT2D eigenvalue weighted by Crippen LogP contribution is 2.40. The molecule has 2 aliphatic heterocycles. The normalized spacial score (nSPS) is 17.8. The van der Waals surface area contributed by atoms with Crippen molar-refractivity contribution in [3.8, 4) is 10.4 Å². The molecular formula is C51H70Cl2N10O5S2. The molecule has 380 valence electrons. The number of aryl methyl sites for hydroxylation is 1. The molecule has 0 bridgehead atoms. The molecule has 4 heterocycles. The number of nitrogen functional groups attached to an aromatic ring is 1. The van der Waals surface area contributed by atoms with Crippen LogP contribution in [0.2, 0.25) is 10.0 Å². The summed E-state index contributed by atoms with van der Waals surface area (Å²) in [6.07, 6.45) is 9.37. The van der Waals surface area contributed by atoms with Crippen molar-refractivity contribution in [2.75, 3.05) is 43.4 Å². The molecule has 8 N–H and O–H groups in total. The molecule has 0 spiro atoms. The largest absolute Gasteiger partial charge is 0.391 e. The highest BCUT2D eigenvalue weighted by atomic mass is 35.5. The Labute approximate surface area is 431 Å². The maximum absolute atomic E-state index is 14.1. The summed E-state index contributed by atoms with van der Waals surface area (Å²) in [7, 11) is 0. The number of unbranched alkanes of at least 4 members (excludes halogenated alkanes) is 4. The molecule has 2 fully saturated rings. The third kappa shape index (κ3) is 14.8. The Morgan fingerprint density at radius 3 is 2.31 bits per heavy atom. The molecule has 0 unspecified atom stereocenters. The highest BCUT2D eigenvalue weighted by molar-refractivity contribution is 7.99. The molecule has 2 aliphatic rings. The van der Waals surface area contributed by atoms with E-state index in [9.17, 15) is 24.3 Å². The summed E-state index contributed by atoms with van der Waals surface area (Å²) in [5.74, 6) is 0.102. The Hall–Kier alpha value is -4.52. The van der Waals surface area contributed by atoms with Crippen LogP contribution in [0.25, 0.3) is 10.4 Å². The molecule has 15 nitrogen and oxygen atoms in total. The number of amides is 4. The van der Waals surface area contributed by atoms with E-state index in [0.717, 1.165) is 96.9 Å². The first kappa shape index (κ1) is 54.8. The van der Waals surface area contributed by atoms with Crippen molar-refractivity contribution in [2.24, 2.45) is 16.6 Å². The standard InChI is InChI=1S/C51H70Cl2N10O5S2/c1-32(34-17-19-35(20-18-34)44-33(2)58-31-69-44)59-47(67)38-27-36(64)29-63(38)49(68)45(50(3,4)5)61-42(66)16-9-7-11-24-56-41(65)15-8-6-10-21-51(30-54)22-25-62(26-23-51)40-28-57-48(46(55)60-40)70-39-14-12-13-37(52)43(39)53/h12-14,17-20,28,31-32,36,38,45,64H,6-11,15-16,21-27,29-30,54H2,1-5H3,(H2,55,60)(H,56,65)(H,59,67)(H,61,66)/t32-,36+,38-,45+/m0/s1. The summed E-state index contributed by atoms with van der Waals surface area (Å²) in [6, 6.07) is 11.3. The number of hydrogen-bond acceptors (Lipinski definition) is 13. The van der Waals surface area contributed by atoms with Crippen LogP contribution in [0.3, 0.4) is 0 Å². The number of aliphatic hydroxyl groups excluding tert-OH is 1. The fourth-order valence-corrected chi connectivity index (χ4v) is 11.3. The number of β-amino-alcohol motifs (C(OH)–C–C–N with tert-alkyl or cyclic N) is 1. The highest BCUT2D eigenvalue weighted by Gasteiger charge is 2.45. The molecule has 0 radical (unpaired) electrons. The molecule has 19 heteroatoms. The number of aromatic nitrogens is 3. The summed E-state index contributed by atoms with van der Waals surface area (Å²) < 4.78 is 0. The molecular weight excluding hydrogens is 968 g/mol. The van der Waals surface area contributed by atoms with Gasteiger partial charge in [-0.2, -0.15) is 0 Å². The monoisotopic (exact) mass is 1040 g/mol. The molecule has 2 aromatic carbocycles. The number of benzene rings is 2. The molecule has 0 aliphatic carbocycles. The number of piperidine rings is 1. The number of nitrogens with one attached hydrogen (secondary N) is 3. The average Bonchev–Trinajstić information content (AvgIpc) is 3.95. The fourth-order valence-electron chi connectivity index (χ4n) is 9.16. The zero-order chi connectivity index (χ0) is 50.6. The minimum absolute atomic E-state index is 0.00538. The maximum Gasteiger partial charge on any atom is 0.246 e. The summed E-state index contributed by atoms with van der Waals surface area (Å²) in [5.41, 5.74) is 16.8. The Morgan fingerprint density at radius 2 is 1.66 bits per heavy atom. The summed E-state index contributed by atoms with van der Waals surface area (Å²) >= 11 is 15.4. The molecule has 4 aromatic rings. The van der Waals surface area contributed by atoms with Crippen LogP contribution in [-0.4, -0.2) is 99.5 Å². The van der Waals surface area contributed by atoms with Gasteiger partial charge in [-0.15, -0.1) is 11.3 Å². The van der Waals surface area contributed by atoms with Gasteiger partial charge >= 0.3 is 0 Å². The second-order valence-electron chi connectivity index (χ2n) is 19.9. The van der Waals surface area contributed by atoms with E-state index in [0.29, 0.717) is 46.8 Å². The van der Waals surface area contributed by atoms with Gasteiger partial charge in [0.1, 0.15) is 22.9 Å². The Kier molecular flexibility index (Phi) is 19.8. The van der Waals surface area contributed by atoms with Crippen molar-refractivity contribution in [3.05, 3.63) is 75.5 Å². The predicted octanol–water partition coefficient (Wildman–Crippen LogP) is 8.49. The van der Waals surface area contributed by atoms with E-state index in [-0.39, 0.29) is 48.6 Å². The van der Waals surface area contributed by atoms with Gasteiger partial charge in [-0.1, -0.05) is 105 Å². The third-order valence-corrected chi connectivity index (χ3v) is 16.5. The van der Waals surface area contributed by atoms with Crippen LogP contribution < -0.4 is 32.3 Å². The summed E-state index contributed by atoms with van der Waals surface area (Å²) in [4.78, 5) is 72.7. The minimum Gasteiger partial charge on any atom is -0.391 e. The van der Waals surface area contributed by atoms with Gasteiger partial charge in [-0.05, 0) is 93.0 Å². The smallest absolute Gasteiger partial charge is 0.246 e. The van der Waals surface area contributed by atoms with Gasteiger partial charge < -0.3 is 42.3 Å². The number of likely N-dealkylation sites (tertiary alicyclic amines) is 1. The van der Waals surface area contributed by atoms with Crippen molar-refractivity contribution >= 4 is 81.6 Å². The molecule has 2 saturated heterocycles. The Balaban J connectivity index is 0.846.